The molecule has 17 heavy (non-hydrogen) atoms. The van der Waals surface area contributed by atoms with Crippen molar-refractivity contribution in [2.75, 3.05) is 0 Å². The highest BCUT2D eigenvalue weighted by Gasteiger charge is 2.09. The molecule has 0 spiro atoms. The Labute approximate surface area is 102 Å². The molecule has 0 amide bonds. The van der Waals surface area contributed by atoms with Crippen molar-refractivity contribution in [3.63, 3.8) is 0 Å². The van der Waals surface area contributed by atoms with E-state index in [1.54, 1.807) is 24.3 Å². The maximum atomic E-state index is 13.3. The summed E-state index contributed by atoms with van der Waals surface area (Å²) in [7, 11) is 0. The molecule has 1 nitrogen and oxygen atoms in total. The van der Waals surface area contributed by atoms with Crippen molar-refractivity contribution in [2.24, 2.45) is 0 Å². The Morgan fingerprint density at radius 1 is 0.941 bits per heavy atom. The molecule has 2 aromatic rings. The molecule has 0 atom stereocenters. The lowest BCUT2D eigenvalue weighted by Gasteiger charge is -2.06. The first-order chi connectivity index (χ1) is 8.18. The summed E-state index contributed by atoms with van der Waals surface area (Å²) in [4.78, 5) is 0.607. The summed E-state index contributed by atoms with van der Waals surface area (Å²) in [6.07, 6.45) is 0. The normalized spacial score (nSPS) is 10.5. The first-order valence-corrected chi connectivity index (χ1v) is 6.00. The van der Waals surface area contributed by atoms with E-state index >= 15 is 0 Å². The molecule has 0 bridgehead atoms. The van der Waals surface area contributed by atoms with Gasteiger partial charge in [0, 0.05) is 16.2 Å². The number of phenolic OH excluding ortho intramolecular Hbond substituents is 1. The first-order valence-electron chi connectivity index (χ1n) is 5.02. The number of hydrogen-bond acceptors (Lipinski definition) is 2. The first kappa shape index (κ1) is 11.9. The lowest BCUT2D eigenvalue weighted by atomic mass is 10.2. The van der Waals surface area contributed by atoms with Crippen LogP contribution in [0, 0.1) is 11.6 Å². The zero-order chi connectivity index (χ0) is 12.3. The van der Waals surface area contributed by atoms with Crippen molar-refractivity contribution in [1.82, 2.24) is 0 Å². The van der Waals surface area contributed by atoms with Crippen LogP contribution in [-0.2, 0) is 5.75 Å². The molecule has 2 aromatic carbocycles. The second kappa shape index (κ2) is 5.19. The van der Waals surface area contributed by atoms with E-state index in [2.05, 4.69) is 0 Å². The highest BCUT2D eigenvalue weighted by molar-refractivity contribution is 7.98. The van der Waals surface area contributed by atoms with Gasteiger partial charge >= 0.3 is 0 Å². The summed E-state index contributed by atoms with van der Waals surface area (Å²) in [5.74, 6) is -0.856. The average molecular weight is 252 g/mol. The van der Waals surface area contributed by atoms with Gasteiger partial charge in [0.1, 0.15) is 17.4 Å². The van der Waals surface area contributed by atoms with Gasteiger partial charge in [-0.15, -0.1) is 11.8 Å². The largest absolute Gasteiger partial charge is 0.507 e. The molecule has 0 aliphatic rings. The Kier molecular flexibility index (Phi) is 3.64. The molecule has 88 valence electrons. The highest BCUT2D eigenvalue weighted by atomic mass is 32.2. The molecule has 0 saturated carbocycles. The zero-order valence-electron chi connectivity index (χ0n) is 8.86. The summed E-state index contributed by atoms with van der Waals surface area (Å²) in [6.45, 7) is 0. The number of aromatic hydroxyl groups is 1. The van der Waals surface area contributed by atoms with Crippen molar-refractivity contribution in [3.05, 3.63) is 59.7 Å². The highest BCUT2D eigenvalue weighted by Crippen LogP contribution is 2.31. The van der Waals surface area contributed by atoms with Gasteiger partial charge in [0.15, 0.2) is 0 Å². The van der Waals surface area contributed by atoms with E-state index in [0.717, 1.165) is 0 Å². The minimum atomic E-state index is -0.562. The summed E-state index contributed by atoms with van der Waals surface area (Å²) in [5.41, 5.74) is 0.0285. The second-order valence-corrected chi connectivity index (χ2v) is 4.47. The number of phenols is 1. The van der Waals surface area contributed by atoms with E-state index < -0.39 is 11.6 Å². The van der Waals surface area contributed by atoms with Gasteiger partial charge in [0.2, 0.25) is 0 Å². The lowest BCUT2D eigenvalue weighted by Crippen LogP contribution is -1.92. The second-order valence-electron chi connectivity index (χ2n) is 3.46. The molecule has 1 N–H and O–H groups in total. The van der Waals surface area contributed by atoms with Gasteiger partial charge in [-0.3, -0.25) is 0 Å². The van der Waals surface area contributed by atoms with Crippen molar-refractivity contribution in [2.45, 2.75) is 10.6 Å². The fraction of sp³-hybridized carbons (Fsp3) is 0.0769. The van der Waals surface area contributed by atoms with Crippen LogP contribution in [0.2, 0.25) is 0 Å². The minimum Gasteiger partial charge on any atom is -0.507 e. The van der Waals surface area contributed by atoms with Crippen molar-refractivity contribution in [1.29, 1.82) is 0 Å². The molecule has 0 fully saturated rings. The van der Waals surface area contributed by atoms with Crippen molar-refractivity contribution in [3.8, 4) is 5.75 Å². The Hall–Kier alpha value is -1.55. The molecule has 0 unspecified atom stereocenters. The van der Waals surface area contributed by atoms with E-state index in [0.29, 0.717) is 4.90 Å². The van der Waals surface area contributed by atoms with Crippen LogP contribution in [0.25, 0.3) is 0 Å². The van der Waals surface area contributed by atoms with E-state index in [-0.39, 0.29) is 17.1 Å². The van der Waals surface area contributed by atoms with E-state index in [4.69, 9.17) is 0 Å². The predicted molar refractivity (Wildman–Crippen MR) is 64.0 cm³/mol. The fourth-order valence-electron chi connectivity index (χ4n) is 1.40. The smallest absolute Gasteiger partial charge is 0.130 e. The Morgan fingerprint density at radius 3 is 2.24 bits per heavy atom. The van der Waals surface area contributed by atoms with Crippen LogP contribution in [0.5, 0.6) is 5.75 Å². The van der Waals surface area contributed by atoms with Gasteiger partial charge in [-0.05, 0) is 24.3 Å². The minimum absolute atomic E-state index is 0.0285. The van der Waals surface area contributed by atoms with Crippen LogP contribution in [0.15, 0.2) is 47.4 Å². The maximum Gasteiger partial charge on any atom is 0.130 e. The number of rotatable bonds is 3. The maximum absolute atomic E-state index is 13.3. The van der Waals surface area contributed by atoms with Gasteiger partial charge < -0.3 is 5.11 Å². The topological polar surface area (TPSA) is 20.2 Å². The van der Waals surface area contributed by atoms with Gasteiger partial charge in [-0.2, -0.15) is 0 Å². The standard InChI is InChI=1S/C13H10F2OS/c14-10-4-3-5-11(15)9(10)8-17-13-7-2-1-6-12(13)16/h1-7,16H,8H2. The summed E-state index contributed by atoms with van der Waals surface area (Å²) in [5, 5.41) is 9.52. The van der Waals surface area contributed by atoms with E-state index in [1.165, 1.54) is 30.0 Å². The molecule has 0 aliphatic heterocycles. The van der Waals surface area contributed by atoms with Gasteiger partial charge in [0.05, 0.1) is 0 Å². The van der Waals surface area contributed by atoms with Crippen molar-refractivity contribution >= 4 is 11.8 Å². The van der Waals surface area contributed by atoms with Crippen molar-refractivity contribution < 1.29 is 13.9 Å². The predicted octanol–water partition coefficient (Wildman–Crippen LogP) is 3.96. The molecular formula is C13H10F2OS. The molecule has 0 radical (unpaired) electrons. The molecule has 0 saturated heterocycles. The fourth-order valence-corrected chi connectivity index (χ4v) is 2.37. The van der Waals surface area contributed by atoms with Gasteiger partial charge in [-0.1, -0.05) is 18.2 Å². The number of thioether (sulfide) groups is 1. The average Bonchev–Trinajstić information content (AvgIpc) is 2.30. The van der Waals surface area contributed by atoms with Crippen LogP contribution in [0.1, 0.15) is 5.56 Å². The summed E-state index contributed by atoms with van der Waals surface area (Å²) >= 11 is 1.20. The van der Waals surface area contributed by atoms with Crippen LogP contribution in [-0.4, -0.2) is 5.11 Å². The molecule has 0 heterocycles. The summed E-state index contributed by atoms with van der Waals surface area (Å²) < 4.78 is 26.7. The number of para-hydroxylation sites is 1. The number of benzene rings is 2. The monoisotopic (exact) mass is 252 g/mol. The Bertz CT molecular complexity index is 508. The summed E-state index contributed by atoms with van der Waals surface area (Å²) in [6, 6.07) is 10.5. The molecule has 0 aliphatic carbocycles. The molecule has 2 rings (SSSR count). The van der Waals surface area contributed by atoms with Crippen LogP contribution in [0.3, 0.4) is 0 Å². The lowest BCUT2D eigenvalue weighted by molar-refractivity contribution is 0.462. The Morgan fingerprint density at radius 2 is 1.59 bits per heavy atom. The van der Waals surface area contributed by atoms with Crippen LogP contribution >= 0.6 is 11.8 Å². The third-order valence-electron chi connectivity index (χ3n) is 2.30. The number of hydrogen-bond donors (Lipinski definition) is 1. The zero-order valence-corrected chi connectivity index (χ0v) is 9.68. The Balaban J connectivity index is 2.16. The number of halogens is 2. The molecular weight excluding hydrogens is 242 g/mol. The molecule has 0 aromatic heterocycles. The van der Waals surface area contributed by atoms with Crippen LogP contribution < -0.4 is 0 Å². The van der Waals surface area contributed by atoms with Gasteiger partial charge in [0.25, 0.3) is 0 Å². The molecule has 4 heteroatoms. The third kappa shape index (κ3) is 2.77. The van der Waals surface area contributed by atoms with Crippen LogP contribution in [0.4, 0.5) is 8.78 Å². The van der Waals surface area contributed by atoms with E-state index in [9.17, 15) is 13.9 Å². The van der Waals surface area contributed by atoms with Gasteiger partial charge in [-0.25, -0.2) is 8.78 Å². The van der Waals surface area contributed by atoms with E-state index in [1.807, 2.05) is 0 Å². The third-order valence-corrected chi connectivity index (χ3v) is 3.39. The quantitative estimate of drug-likeness (QED) is 0.834. The SMILES string of the molecule is Oc1ccccc1SCc1c(F)cccc1F.